The third kappa shape index (κ3) is 2.91. The van der Waals surface area contributed by atoms with E-state index in [9.17, 15) is 14.7 Å². The average Bonchev–Trinajstić information content (AvgIpc) is 2.69. The maximum absolute atomic E-state index is 13.4. The number of nitrogens with zero attached hydrogens (tertiary/aromatic N) is 2. The van der Waals surface area contributed by atoms with Crippen molar-refractivity contribution in [2.24, 2.45) is 0 Å². The molecule has 0 saturated heterocycles. The molecule has 0 spiro atoms. The molecular weight excluding hydrogens is 354 g/mol. The number of benzene rings is 3. The van der Waals surface area contributed by atoms with Gasteiger partial charge in [-0.05, 0) is 43.1 Å². The zero-order chi connectivity index (χ0) is 19.8. The lowest BCUT2D eigenvalue weighted by molar-refractivity contribution is 0.0602. The van der Waals surface area contributed by atoms with Crippen LogP contribution in [0.2, 0.25) is 0 Å². The molecule has 0 bridgehead atoms. The standard InChI is InChI=1S/C22H23N3O3/c1-24(2)10-11-25-21(27)16-7-8-18(23-9-12-26)17-13-14-5-3-4-6-15(14)20(19(16)17)22(25)28/h3-8,13,23,26H,9-12H2,1-2H3. The van der Waals surface area contributed by atoms with E-state index < -0.39 is 0 Å². The molecule has 6 nitrogen and oxygen atoms in total. The molecule has 0 fully saturated rings. The molecule has 0 unspecified atom stereocenters. The summed E-state index contributed by atoms with van der Waals surface area (Å²) in [4.78, 5) is 29.8. The predicted octanol–water partition coefficient (Wildman–Crippen LogP) is 2.55. The second-order valence-corrected chi connectivity index (χ2v) is 7.27. The van der Waals surface area contributed by atoms with Gasteiger partial charge in [0.25, 0.3) is 11.8 Å². The van der Waals surface area contributed by atoms with Crippen molar-refractivity contribution in [2.75, 3.05) is 45.7 Å². The van der Waals surface area contributed by atoms with Crippen molar-refractivity contribution >= 4 is 39.0 Å². The molecule has 2 N–H and O–H groups in total. The normalized spacial score (nSPS) is 13.8. The Morgan fingerprint density at radius 3 is 2.57 bits per heavy atom. The number of imide groups is 1. The first-order chi connectivity index (χ1) is 13.5. The van der Waals surface area contributed by atoms with Gasteiger partial charge in [0.1, 0.15) is 0 Å². The Bertz CT molecular complexity index is 1090. The fourth-order valence-corrected chi connectivity index (χ4v) is 3.80. The highest BCUT2D eigenvalue weighted by molar-refractivity contribution is 6.31. The van der Waals surface area contributed by atoms with Gasteiger partial charge >= 0.3 is 0 Å². The summed E-state index contributed by atoms with van der Waals surface area (Å²) < 4.78 is 0. The lowest BCUT2D eigenvalue weighted by Crippen LogP contribution is -2.43. The number of anilines is 1. The summed E-state index contributed by atoms with van der Waals surface area (Å²) in [6.45, 7) is 1.35. The van der Waals surface area contributed by atoms with E-state index in [1.807, 2.05) is 55.4 Å². The molecule has 1 aliphatic rings. The zero-order valence-corrected chi connectivity index (χ0v) is 16.0. The first kappa shape index (κ1) is 18.4. The summed E-state index contributed by atoms with van der Waals surface area (Å²) in [6, 6.07) is 13.4. The van der Waals surface area contributed by atoms with E-state index in [1.54, 1.807) is 6.07 Å². The average molecular weight is 377 g/mol. The van der Waals surface area contributed by atoms with E-state index in [0.717, 1.165) is 21.8 Å². The largest absolute Gasteiger partial charge is 0.395 e. The molecule has 4 rings (SSSR count). The van der Waals surface area contributed by atoms with Gasteiger partial charge in [0.2, 0.25) is 0 Å². The van der Waals surface area contributed by atoms with Crippen LogP contribution in [0.5, 0.6) is 0 Å². The van der Waals surface area contributed by atoms with Gasteiger partial charge in [-0.25, -0.2) is 0 Å². The van der Waals surface area contributed by atoms with Crippen molar-refractivity contribution < 1.29 is 14.7 Å². The Labute approximate surface area is 163 Å². The fourth-order valence-electron chi connectivity index (χ4n) is 3.80. The summed E-state index contributed by atoms with van der Waals surface area (Å²) in [7, 11) is 3.84. The van der Waals surface area contributed by atoms with Crippen molar-refractivity contribution in [3.05, 3.63) is 53.6 Å². The molecule has 0 saturated carbocycles. The van der Waals surface area contributed by atoms with E-state index in [1.165, 1.54) is 4.90 Å². The summed E-state index contributed by atoms with van der Waals surface area (Å²) in [5.74, 6) is -0.506. The van der Waals surface area contributed by atoms with Gasteiger partial charge in [0.05, 0.1) is 12.2 Å². The van der Waals surface area contributed by atoms with Crippen LogP contribution in [0, 0.1) is 0 Å². The molecule has 6 heteroatoms. The van der Waals surface area contributed by atoms with Crippen LogP contribution >= 0.6 is 0 Å². The summed E-state index contributed by atoms with van der Waals surface area (Å²) in [5.41, 5.74) is 1.93. The number of likely N-dealkylation sites (N-methyl/N-ethyl adjacent to an activating group) is 1. The van der Waals surface area contributed by atoms with E-state index in [0.29, 0.717) is 36.1 Å². The number of nitrogens with one attached hydrogen (secondary N) is 1. The number of aliphatic hydroxyl groups is 1. The molecule has 0 atom stereocenters. The van der Waals surface area contributed by atoms with Crippen LogP contribution in [-0.2, 0) is 0 Å². The van der Waals surface area contributed by atoms with Crippen LogP contribution < -0.4 is 5.32 Å². The maximum atomic E-state index is 13.4. The van der Waals surface area contributed by atoms with Crippen molar-refractivity contribution in [1.82, 2.24) is 9.80 Å². The van der Waals surface area contributed by atoms with Gasteiger partial charge in [-0.15, -0.1) is 0 Å². The van der Waals surface area contributed by atoms with Crippen molar-refractivity contribution in [3.63, 3.8) is 0 Å². The minimum absolute atomic E-state index is 0.000141. The number of hydrogen-bond donors (Lipinski definition) is 2. The summed E-state index contributed by atoms with van der Waals surface area (Å²) in [6.07, 6.45) is 0. The second kappa shape index (κ2) is 7.22. The Morgan fingerprint density at radius 1 is 1.04 bits per heavy atom. The van der Waals surface area contributed by atoms with Crippen LogP contribution in [0.1, 0.15) is 20.7 Å². The highest BCUT2D eigenvalue weighted by Crippen LogP contribution is 2.38. The van der Waals surface area contributed by atoms with Crippen LogP contribution in [0.3, 0.4) is 0 Å². The Balaban J connectivity index is 1.99. The molecule has 0 radical (unpaired) electrons. The number of rotatable bonds is 6. The maximum Gasteiger partial charge on any atom is 0.262 e. The van der Waals surface area contributed by atoms with Gasteiger partial charge in [-0.2, -0.15) is 0 Å². The van der Waals surface area contributed by atoms with Crippen LogP contribution in [0.15, 0.2) is 42.5 Å². The van der Waals surface area contributed by atoms with Gasteiger partial charge in [-0.3, -0.25) is 14.5 Å². The third-order valence-electron chi connectivity index (χ3n) is 5.16. The van der Waals surface area contributed by atoms with Crippen LogP contribution in [0.25, 0.3) is 21.5 Å². The minimum Gasteiger partial charge on any atom is -0.395 e. The third-order valence-corrected chi connectivity index (χ3v) is 5.16. The van der Waals surface area contributed by atoms with Crippen molar-refractivity contribution in [2.45, 2.75) is 0 Å². The van der Waals surface area contributed by atoms with Crippen molar-refractivity contribution in [1.29, 1.82) is 0 Å². The Kier molecular flexibility index (Phi) is 4.75. The molecule has 0 aliphatic carbocycles. The monoisotopic (exact) mass is 377 g/mol. The molecule has 1 aliphatic heterocycles. The smallest absolute Gasteiger partial charge is 0.262 e. The first-order valence-electron chi connectivity index (χ1n) is 9.37. The van der Waals surface area contributed by atoms with Crippen LogP contribution in [0.4, 0.5) is 5.69 Å². The number of amides is 2. The minimum atomic E-state index is -0.256. The molecular formula is C22H23N3O3. The van der Waals surface area contributed by atoms with E-state index >= 15 is 0 Å². The van der Waals surface area contributed by atoms with Crippen molar-refractivity contribution in [3.8, 4) is 0 Å². The van der Waals surface area contributed by atoms with Gasteiger partial charge < -0.3 is 15.3 Å². The molecule has 144 valence electrons. The number of carbonyl (C=O) groups excluding carboxylic acids is 2. The first-order valence-corrected chi connectivity index (χ1v) is 9.37. The van der Waals surface area contributed by atoms with E-state index in [4.69, 9.17) is 0 Å². The molecule has 3 aromatic rings. The second-order valence-electron chi connectivity index (χ2n) is 7.27. The van der Waals surface area contributed by atoms with E-state index in [2.05, 4.69) is 5.32 Å². The molecule has 2 amide bonds. The van der Waals surface area contributed by atoms with Gasteiger partial charge in [0.15, 0.2) is 0 Å². The number of carbonyl (C=O) groups is 2. The van der Waals surface area contributed by atoms with Gasteiger partial charge in [0, 0.05) is 41.7 Å². The molecule has 28 heavy (non-hydrogen) atoms. The molecule has 1 heterocycles. The summed E-state index contributed by atoms with van der Waals surface area (Å²) >= 11 is 0. The topological polar surface area (TPSA) is 72.9 Å². The lowest BCUT2D eigenvalue weighted by atomic mass is 9.88. The van der Waals surface area contributed by atoms with Crippen LogP contribution in [-0.4, -0.2) is 67.1 Å². The molecule has 3 aromatic carbocycles. The lowest BCUT2D eigenvalue weighted by Gasteiger charge is -2.29. The zero-order valence-electron chi connectivity index (χ0n) is 16.0. The predicted molar refractivity (Wildman–Crippen MR) is 111 cm³/mol. The highest BCUT2D eigenvalue weighted by Gasteiger charge is 2.34. The Hall–Kier alpha value is -2.96. The quantitative estimate of drug-likeness (QED) is 0.510. The van der Waals surface area contributed by atoms with Gasteiger partial charge in [-0.1, -0.05) is 24.3 Å². The number of hydrogen-bond acceptors (Lipinski definition) is 5. The SMILES string of the molecule is CN(C)CCN1C(=O)c2ccc(NCCO)c3cc4ccccc4c(c23)C1=O. The fraction of sp³-hybridized carbons (Fsp3) is 0.273. The highest BCUT2D eigenvalue weighted by atomic mass is 16.3. The molecule has 0 aromatic heterocycles. The number of aliphatic hydroxyl groups excluding tert-OH is 1. The number of fused-ring (bicyclic) bond motifs is 2. The Morgan fingerprint density at radius 2 is 1.82 bits per heavy atom. The van der Waals surface area contributed by atoms with E-state index in [-0.39, 0.29) is 18.4 Å². The summed E-state index contributed by atoms with van der Waals surface area (Å²) in [5, 5.41) is 15.7.